The predicted molar refractivity (Wildman–Crippen MR) is 88.1 cm³/mol. The number of nitrogens with zero attached hydrogens (tertiary/aromatic N) is 4. The van der Waals surface area contributed by atoms with Gasteiger partial charge in [-0.2, -0.15) is 0 Å². The molecule has 1 amide bonds. The summed E-state index contributed by atoms with van der Waals surface area (Å²) < 4.78 is 7.67. The first-order valence-electron chi connectivity index (χ1n) is 8.47. The fourth-order valence-electron chi connectivity index (χ4n) is 3.51. The Kier molecular flexibility index (Phi) is 3.84. The topological polar surface area (TPSA) is 60.2 Å². The molecule has 2 aromatic rings. The number of ether oxygens (including phenoxy) is 1. The first-order valence-corrected chi connectivity index (χ1v) is 8.47. The lowest BCUT2D eigenvalue weighted by Crippen LogP contribution is -2.46. The van der Waals surface area contributed by atoms with Crippen LogP contribution < -0.4 is 0 Å². The van der Waals surface area contributed by atoms with Crippen molar-refractivity contribution in [1.29, 1.82) is 0 Å². The minimum absolute atomic E-state index is 0.192. The number of carbonyl (C=O) groups is 1. The summed E-state index contributed by atoms with van der Waals surface area (Å²) in [5.41, 5.74) is 1.03. The van der Waals surface area contributed by atoms with Gasteiger partial charge in [-0.1, -0.05) is 30.3 Å². The van der Waals surface area contributed by atoms with Crippen LogP contribution in [0.5, 0.6) is 0 Å². The molecular weight excluding hydrogens is 304 g/mol. The lowest BCUT2D eigenvalue weighted by molar-refractivity contribution is -0.145. The molecule has 0 N–H and O–H groups in total. The molecule has 1 aliphatic heterocycles. The lowest BCUT2D eigenvalue weighted by atomic mass is 9.94. The van der Waals surface area contributed by atoms with Crippen LogP contribution in [-0.2, 0) is 23.0 Å². The Bertz CT molecular complexity index is 724. The molecule has 1 aromatic heterocycles. The van der Waals surface area contributed by atoms with Crippen LogP contribution in [0.1, 0.15) is 30.3 Å². The van der Waals surface area contributed by atoms with Crippen LogP contribution in [0, 0.1) is 5.41 Å². The lowest BCUT2D eigenvalue weighted by Gasteiger charge is -2.34. The van der Waals surface area contributed by atoms with Gasteiger partial charge >= 0.3 is 0 Å². The molecule has 2 heterocycles. The van der Waals surface area contributed by atoms with E-state index in [9.17, 15) is 4.79 Å². The van der Waals surface area contributed by atoms with Crippen molar-refractivity contribution in [2.45, 2.75) is 25.4 Å². The number of carbonyl (C=O) groups excluding carboxylic acids is 1. The van der Waals surface area contributed by atoms with Gasteiger partial charge in [-0.05, 0) is 24.8 Å². The van der Waals surface area contributed by atoms with E-state index < -0.39 is 0 Å². The molecule has 2 fully saturated rings. The van der Waals surface area contributed by atoms with Crippen molar-refractivity contribution in [3.05, 3.63) is 48.0 Å². The highest BCUT2D eigenvalue weighted by atomic mass is 16.5. The Balaban J connectivity index is 1.47. The van der Waals surface area contributed by atoms with Crippen molar-refractivity contribution in [3.63, 3.8) is 0 Å². The van der Waals surface area contributed by atoms with E-state index in [2.05, 4.69) is 22.3 Å². The molecule has 0 bridgehead atoms. The normalized spacial score (nSPS) is 22.4. The highest BCUT2D eigenvalue weighted by molar-refractivity contribution is 5.85. The number of aryl methyl sites for hydroxylation is 1. The van der Waals surface area contributed by atoms with Gasteiger partial charge < -0.3 is 14.2 Å². The van der Waals surface area contributed by atoms with Crippen molar-refractivity contribution in [2.75, 3.05) is 19.7 Å². The number of morpholine rings is 1. The van der Waals surface area contributed by atoms with Gasteiger partial charge in [0.25, 0.3) is 0 Å². The minimum atomic E-state index is -0.205. The van der Waals surface area contributed by atoms with Crippen LogP contribution in [0.2, 0.25) is 0 Å². The molecule has 1 aliphatic carbocycles. The quantitative estimate of drug-likeness (QED) is 0.859. The van der Waals surface area contributed by atoms with E-state index >= 15 is 0 Å². The summed E-state index contributed by atoms with van der Waals surface area (Å²) in [6.45, 7) is 1.76. The second-order valence-corrected chi connectivity index (χ2v) is 6.85. The van der Waals surface area contributed by atoms with Gasteiger partial charge in [0, 0.05) is 13.6 Å². The van der Waals surface area contributed by atoms with Gasteiger partial charge in [-0.3, -0.25) is 4.79 Å². The molecule has 6 nitrogen and oxygen atoms in total. The smallest absolute Gasteiger partial charge is 0.229 e. The summed E-state index contributed by atoms with van der Waals surface area (Å²) in [4.78, 5) is 15.1. The molecule has 0 radical (unpaired) electrons. The number of hydrogen-bond donors (Lipinski definition) is 0. The van der Waals surface area contributed by atoms with Crippen LogP contribution in [-0.4, -0.2) is 45.3 Å². The highest BCUT2D eigenvalue weighted by Gasteiger charge is 2.52. The number of amides is 1. The minimum Gasteiger partial charge on any atom is -0.366 e. The Morgan fingerprint density at radius 1 is 1.33 bits per heavy atom. The van der Waals surface area contributed by atoms with Crippen LogP contribution in [0.3, 0.4) is 0 Å². The van der Waals surface area contributed by atoms with Gasteiger partial charge in [0.05, 0.1) is 18.6 Å². The van der Waals surface area contributed by atoms with Crippen molar-refractivity contribution >= 4 is 5.91 Å². The maximum absolute atomic E-state index is 13.1. The van der Waals surface area contributed by atoms with E-state index in [-0.39, 0.29) is 17.4 Å². The fourth-order valence-corrected chi connectivity index (χ4v) is 3.51. The molecule has 1 saturated carbocycles. The molecule has 0 unspecified atom stereocenters. The summed E-state index contributed by atoms with van der Waals surface area (Å²) in [7, 11) is 1.90. The van der Waals surface area contributed by atoms with Crippen LogP contribution in [0.25, 0.3) is 0 Å². The molecule has 4 rings (SSSR count). The van der Waals surface area contributed by atoms with E-state index in [4.69, 9.17) is 4.74 Å². The first kappa shape index (κ1) is 15.3. The number of rotatable bonds is 4. The fraction of sp³-hybridized carbons (Fsp3) is 0.500. The molecule has 24 heavy (non-hydrogen) atoms. The monoisotopic (exact) mass is 326 g/mol. The zero-order chi connectivity index (χ0) is 16.6. The van der Waals surface area contributed by atoms with Crippen LogP contribution >= 0.6 is 0 Å². The third-order valence-electron chi connectivity index (χ3n) is 5.08. The summed E-state index contributed by atoms with van der Waals surface area (Å²) in [6, 6.07) is 10.3. The summed E-state index contributed by atoms with van der Waals surface area (Å²) in [5.74, 6) is 1.04. The average Bonchev–Trinajstić information content (AvgIpc) is 3.27. The first-order chi connectivity index (χ1) is 11.7. The second-order valence-electron chi connectivity index (χ2n) is 6.85. The van der Waals surface area contributed by atoms with E-state index in [1.54, 1.807) is 6.33 Å². The second kappa shape index (κ2) is 6.02. The molecular formula is C18H22N4O2. The van der Waals surface area contributed by atoms with Crippen LogP contribution in [0.15, 0.2) is 36.7 Å². The maximum Gasteiger partial charge on any atom is 0.229 e. The average molecular weight is 326 g/mol. The molecule has 0 spiro atoms. The Morgan fingerprint density at radius 3 is 2.79 bits per heavy atom. The molecule has 126 valence electrons. The van der Waals surface area contributed by atoms with Gasteiger partial charge in [0.1, 0.15) is 12.4 Å². The molecule has 1 atom stereocenters. The van der Waals surface area contributed by atoms with Crippen molar-refractivity contribution in [3.8, 4) is 0 Å². The van der Waals surface area contributed by atoms with E-state index in [1.807, 2.05) is 34.7 Å². The van der Waals surface area contributed by atoms with Gasteiger partial charge in [0.2, 0.25) is 5.91 Å². The maximum atomic E-state index is 13.1. The SMILES string of the molecule is Cn1cnnc1[C@H]1CN(C(=O)C2(Cc3ccccc3)CC2)CCO1. The van der Waals surface area contributed by atoms with Crippen molar-refractivity contribution < 1.29 is 9.53 Å². The molecule has 6 heteroatoms. The van der Waals surface area contributed by atoms with E-state index in [0.717, 1.165) is 25.1 Å². The molecule has 1 saturated heterocycles. The third-order valence-corrected chi connectivity index (χ3v) is 5.08. The number of aromatic nitrogens is 3. The van der Waals surface area contributed by atoms with Gasteiger partial charge in [0.15, 0.2) is 5.82 Å². The number of benzene rings is 1. The highest BCUT2D eigenvalue weighted by Crippen LogP contribution is 2.50. The summed E-state index contributed by atoms with van der Waals surface area (Å²) in [5, 5.41) is 8.04. The molecule has 2 aliphatic rings. The van der Waals surface area contributed by atoms with Gasteiger partial charge in [-0.25, -0.2) is 0 Å². The zero-order valence-corrected chi connectivity index (χ0v) is 13.9. The zero-order valence-electron chi connectivity index (χ0n) is 13.9. The Hall–Kier alpha value is -2.21. The summed E-state index contributed by atoms with van der Waals surface area (Å²) >= 11 is 0. The Morgan fingerprint density at radius 2 is 2.12 bits per heavy atom. The van der Waals surface area contributed by atoms with Crippen molar-refractivity contribution in [2.24, 2.45) is 12.5 Å². The summed E-state index contributed by atoms with van der Waals surface area (Å²) in [6.07, 6.45) is 4.26. The standard InChI is InChI=1S/C18H22N4O2/c1-21-13-19-20-16(21)15-12-22(9-10-24-15)17(23)18(7-8-18)11-14-5-3-2-4-6-14/h2-6,13,15H,7-12H2,1H3/t15-/m1/s1. The molecule has 1 aromatic carbocycles. The van der Waals surface area contributed by atoms with Gasteiger partial charge in [-0.15, -0.1) is 10.2 Å². The van der Waals surface area contributed by atoms with E-state index in [0.29, 0.717) is 19.7 Å². The Labute approximate surface area is 141 Å². The third kappa shape index (κ3) is 2.82. The van der Waals surface area contributed by atoms with Crippen molar-refractivity contribution in [1.82, 2.24) is 19.7 Å². The van der Waals surface area contributed by atoms with Crippen LogP contribution in [0.4, 0.5) is 0 Å². The predicted octanol–water partition coefficient (Wildman–Crippen LogP) is 1.74. The number of hydrogen-bond acceptors (Lipinski definition) is 4. The largest absolute Gasteiger partial charge is 0.366 e. The van der Waals surface area contributed by atoms with E-state index in [1.165, 1.54) is 5.56 Å².